The van der Waals surface area contributed by atoms with E-state index in [0.717, 1.165) is 11.3 Å². The monoisotopic (exact) mass is 220 g/mol. The predicted molar refractivity (Wildman–Crippen MR) is 64.1 cm³/mol. The summed E-state index contributed by atoms with van der Waals surface area (Å²) in [4.78, 5) is 11.2. The fraction of sp³-hybridized carbons (Fsp3) is 0.333. The van der Waals surface area contributed by atoms with Crippen molar-refractivity contribution >= 4 is 17.4 Å². The van der Waals surface area contributed by atoms with Gasteiger partial charge in [-0.3, -0.25) is 4.79 Å². The van der Waals surface area contributed by atoms with Crippen LogP contribution in [0.1, 0.15) is 18.9 Å². The Kier molecular flexibility index (Phi) is 4.51. The van der Waals surface area contributed by atoms with E-state index in [1.54, 1.807) is 14.0 Å². The summed E-state index contributed by atoms with van der Waals surface area (Å²) in [5.74, 6) is -0.363. The average Bonchev–Trinajstić information content (AvgIpc) is 2.29. The maximum atomic E-state index is 11.2. The summed E-state index contributed by atoms with van der Waals surface area (Å²) >= 11 is 0. The fourth-order valence-electron chi connectivity index (χ4n) is 1.42. The molecule has 2 N–H and O–H groups in total. The first-order valence-corrected chi connectivity index (χ1v) is 5.19. The summed E-state index contributed by atoms with van der Waals surface area (Å²) in [6, 6.07) is 7.41. The smallest absolute Gasteiger partial charge is 0.311 e. The summed E-state index contributed by atoms with van der Waals surface area (Å²) in [5, 5.41) is 10.8. The zero-order valence-electron chi connectivity index (χ0n) is 9.54. The van der Waals surface area contributed by atoms with Crippen LogP contribution in [0.2, 0.25) is 0 Å². The number of ether oxygens (including phenoxy) is 1. The molecule has 0 aliphatic rings. The lowest BCUT2D eigenvalue weighted by molar-refractivity contribution is -0.141. The molecule has 0 fully saturated rings. The van der Waals surface area contributed by atoms with Crippen LogP contribution >= 0.6 is 0 Å². The molecule has 0 heterocycles. The molecule has 0 amide bonds. The minimum Gasteiger partial charge on any atom is -0.466 e. The Bertz CT molecular complexity index is 388. The standard InChI is InChI=1S/C12H16N2O2/c1-3-16-12(15)8-10(13)9-6-4-5-7-11(9)14-2/h4-7,13-14H,3,8H2,1-2H3. The molecule has 4 heteroatoms. The minimum absolute atomic E-state index is 0.00648. The third-order valence-electron chi connectivity index (χ3n) is 2.15. The molecule has 0 radical (unpaired) electrons. The van der Waals surface area contributed by atoms with Crippen LogP contribution in [0.4, 0.5) is 5.69 Å². The lowest BCUT2D eigenvalue weighted by atomic mass is 10.1. The Morgan fingerprint density at radius 3 is 2.75 bits per heavy atom. The van der Waals surface area contributed by atoms with Crippen molar-refractivity contribution in [3.63, 3.8) is 0 Å². The van der Waals surface area contributed by atoms with Crippen molar-refractivity contribution < 1.29 is 9.53 Å². The van der Waals surface area contributed by atoms with Crippen molar-refractivity contribution in [3.8, 4) is 0 Å². The van der Waals surface area contributed by atoms with Gasteiger partial charge in [-0.05, 0) is 13.0 Å². The number of carbonyl (C=O) groups is 1. The molecule has 0 saturated heterocycles. The van der Waals surface area contributed by atoms with Gasteiger partial charge in [-0.25, -0.2) is 0 Å². The number of benzene rings is 1. The van der Waals surface area contributed by atoms with Gasteiger partial charge >= 0.3 is 5.97 Å². The number of anilines is 1. The lowest BCUT2D eigenvalue weighted by Crippen LogP contribution is -2.12. The molecule has 0 bridgehead atoms. The Morgan fingerprint density at radius 1 is 1.44 bits per heavy atom. The van der Waals surface area contributed by atoms with E-state index in [0.29, 0.717) is 6.61 Å². The normalized spacial score (nSPS) is 9.62. The van der Waals surface area contributed by atoms with Gasteiger partial charge < -0.3 is 15.5 Å². The van der Waals surface area contributed by atoms with Crippen LogP contribution in [0.25, 0.3) is 0 Å². The van der Waals surface area contributed by atoms with E-state index in [4.69, 9.17) is 10.1 Å². The van der Waals surface area contributed by atoms with Gasteiger partial charge in [-0.1, -0.05) is 18.2 Å². The van der Waals surface area contributed by atoms with E-state index in [-0.39, 0.29) is 18.1 Å². The summed E-state index contributed by atoms with van der Waals surface area (Å²) in [6.45, 7) is 2.10. The van der Waals surface area contributed by atoms with Gasteiger partial charge in [-0.15, -0.1) is 0 Å². The third-order valence-corrected chi connectivity index (χ3v) is 2.15. The van der Waals surface area contributed by atoms with Crippen LogP contribution < -0.4 is 5.32 Å². The average molecular weight is 220 g/mol. The van der Waals surface area contributed by atoms with Crippen LogP contribution in [0.3, 0.4) is 0 Å². The number of hydrogen-bond donors (Lipinski definition) is 2. The van der Waals surface area contributed by atoms with Crippen LogP contribution in [-0.4, -0.2) is 25.3 Å². The molecule has 1 rings (SSSR count). The Hall–Kier alpha value is -1.84. The second-order valence-corrected chi connectivity index (χ2v) is 3.26. The van der Waals surface area contributed by atoms with E-state index in [9.17, 15) is 4.79 Å². The highest BCUT2D eigenvalue weighted by Crippen LogP contribution is 2.16. The van der Waals surface area contributed by atoms with Crippen molar-refractivity contribution in [2.75, 3.05) is 19.0 Å². The molecule has 0 atom stereocenters. The van der Waals surface area contributed by atoms with E-state index in [1.807, 2.05) is 24.3 Å². The molecule has 0 aliphatic carbocycles. The largest absolute Gasteiger partial charge is 0.466 e. The van der Waals surface area contributed by atoms with Crippen LogP contribution in [0.5, 0.6) is 0 Å². The quantitative estimate of drug-likeness (QED) is 0.589. The summed E-state index contributed by atoms with van der Waals surface area (Å²) in [5.41, 5.74) is 1.85. The molecular formula is C12H16N2O2. The second kappa shape index (κ2) is 5.90. The highest BCUT2D eigenvalue weighted by molar-refractivity contribution is 6.10. The molecule has 0 spiro atoms. The molecule has 1 aromatic carbocycles. The zero-order chi connectivity index (χ0) is 12.0. The van der Waals surface area contributed by atoms with Gasteiger partial charge in [0.05, 0.1) is 18.7 Å². The maximum absolute atomic E-state index is 11.2. The third kappa shape index (κ3) is 3.08. The molecule has 0 unspecified atom stereocenters. The van der Waals surface area contributed by atoms with Gasteiger partial charge in [0.25, 0.3) is 0 Å². The van der Waals surface area contributed by atoms with E-state index in [1.165, 1.54) is 0 Å². The van der Waals surface area contributed by atoms with E-state index < -0.39 is 0 Å². The lowest BCUT2D eigenvalue weighted by Gasteiger charge is -2.09. The molecule has 16 heavy (non-hydrogen) atoms. The van der Waals surface area contributed by atoms with E-state index in [2.05, 4.69) is 5.32 Å². The first kappa shape index (κ1) is 12.2. The van der Waals surface area contributed by atoms with Crippen molar-refractivity contribution in [1.82, 2.24) is 0 Å². The Labute approximate surface area is 95.1 Å². The fourth-order valence-corrected chi connectivity index (χ4v) is 1.42. The summed E-state index contributed by atoms with van der Waals surface area (Å²) in [6.07, 6.45) is 0.00648. The van der Waals surface area contributed by atoms with Gasteiger partial charge in [0.2, 0.25) is 0 Å². The van der Waals surface area contributed by atoms with Crippen molar-refractivity contribution in [1.29, 1.82) is 5.41 Å². The van der Waals surface area contributed by atoms with Gasteiger partial charge in [0.1, 0.15) is 0 Å². The Morgan fingerprint density at radius 2 is 2.12 bits per heavy atom. The number of carbonyl (C=O) groups excluding carboxylic acids is 1. The van der Waals surface area contributed by atoms with Crippen LogP contribution in [-0.2, 0) is 9.53 Å². The topological polar surface area (TPSA) is 62.2 Å². The van der Waals surface area contributed by atoms with Crippen LogP contribution in [0.15, 0.2) is 24.3 Å². The first-order valence-electron chi connectivity index (χ1n) is 5.19. The number of rotatable bonds is 5. The van der Waals surface area contributed by atoms with E-state index >= 15 is 0 Å². The number of esters is 1. The maximum Gasteiger partial charge on any atom is 0.311 e. The van der Waals surface area contributed by atoms with Gasteiger partial charge in [0.15, 0.2) is 0 Å². The summed E-state index contributed by atoms with van der Waals surface area (Å²) in [7, 11) is 1.79. The molecule has 86 valence electrons. The number of hydrogen-bond acceptors (Lipinski definition) is 4. The molecule has 0 aromatic heterocycles. The van der Waals surface area contributed by atoms with Crippen molar-refractivity contribution in [2.24, 2.45) is 0 Å². The zero-order valence-corrected chi connectivity index (χ0v) is 9.54. The highest BCUT2D eigenvalue weighted by atomic mass is 16.5. The molecule has 1 aromatic rings. The van der Waals surface area contributed by atoms with Crippen molar-refractivity contribution in [3.05, 3.63) is 29.8 Å². The molecule has 0 saturated carbocycles. The van der Waals surface area contributed by atoms with Gasteiger partial charge in [-0.2, -0.15) is 0 Å². The predicted octanol–water partition coefficient (Wildman–Crippen LogP) is 2.05. The second-order valence-electron chi connectivity index (χ2n) is 3.26. The van der Waals surface area contributed by atoms with Gasteiger partial charge in [0, 0.05) is 18.3 Å². The molecular weight excluding hydrogens is 204 g/mol. The highest BCUT2D eigenvalue weighted by Gasteiger charge is 2.11. The number of nitrogens with one attached hydrogen (secondary N) is 2. The van der Waals surface area contributed by atoms with Crippen molar-refractivity contribution in [2.45, 2.75) is 13.3 Å². The van der Waals surface area contributed by atoms with Crippen LogP contribution in [0, 0.1) is 5.41 Å². The Balaban J connectivity index is 2.76. The number of para-hydroxylation sites is 1. The minimum atomic E-state index is -0.363. The molecule has 0 aliphatic heterocycles. The molecule has 4 nitrogen and oxygen atoms in total. The first-order chi connectivity index (χ1) is 7.69. The SMILES string of the molecule is CCOC(=O)CC(=N)c1ccccc1NC. The summed E-state index contributed by atoms with van der Waals surface area (Å²) < 4.78 is 4.81.